The molecule has 2 nitrogen and oxygen atoms in total. The Morgan fingerprint density at radius 3 is 2.79 bits per heavy atom. The summed E-state index contributed by atoms with van der Waals surface area (Å²) in [6.45, 7) is 2.37. The van der Waals surface area contributed by atoms with Crippen molar-refractivity contribution in [3.8, 4) is 11.5 Å². The monoisotopic (exact) mass is 256 g/mol. The molecule has 0 amide bonds. The average Bonchev–Trinajstić information content (AvgIpc) is 2.39. The predicted molar refractivity (Wildman–Crippen MR) is 72.5 cm³/mol. The topological polar surface area (TPSA) is 29.5 Å². The molecule has 0 bridgehead atoms. The summed E-state index contributed by atoms with van der Waals surface area (Å²) in [5.41, 5.74) is 3.78. The molecule has 96 valence electrons. The fourth-order valence-electron chi connectivity index (χ4n) is 2.34. The zero-order chi connectivity index (χ0) is 13.4. The van der Waals surface area contributed by atoms with E-state index in [-0.39, 0.29) is 11.6 Å². The van der Waals surface area contributed by atoms with Crippen LogP contribution < -0.4 is 4.74 Å². The Morgan fingerprint density at radius 2 is 2.00 bits per heavy atom. The number of rotatable bonds is 1. The summed E-state index contributed by atoms with van der Waals surface area (Å²) in [7, 11) is 0. The van der Waals surface area contributed by atoms with Crippen LogP contribution in [0.25, 0.3) is 11.1 Å². The van der Waals surface area contributed by atoms with E-state index in [9.17, 15) is 9.50 Å². The molecule has 3 rings (SSSR count). The third-order valence-electron chi connectivity index (χ3n) is 3.37. The third-order valence-corrected chi connectivity index (χ3v) is 3.37. The third kappa shape index (κ3) is 2.08. The van der Waals surface area contributed by atoms with Gasteiger partial charge in [0.25, 0.3) is 0 Å². The number of aromatic hydroxyl groups is 1. The highest BCUT2D eigenvalue weighted by Gasteiger charge is 2.18. The van der Waals surface area contributed by atoms with Crippen LogP contribution >= 0.6 is 0 Å². The number of phenolic OH excluding ortho intramolecular Hbond substituents is 1. The smallest absolute Gasteiger partial charge is 0.130 e. The number of hydrogen-bond acceptors (Lipinski definition) is 2. The summed E-state index contributed by atoms with van der Waals surface area (Å²) in [5, 5.41) is 9.45. The van der Waals surface area contributed by atoms with Gasteiger partial charge in [0, 0.05) is 17.2 Å². The Labute approximate surface area is 110 Å². The number of fused-ring (bicyclic) bond motifs is 1. The molecule has 0 atom stereocenters. The Balaban J connectivity index is 2.13. The van der Waals surface area contributed by atoms with Gasteiger partial charge in [-0.3, -0.25) is 0 Å². The van der Waals surface area contributed by atoms with Gasteiger partial charge in [0.05, 0.1) is 0 Å². The van der Waals surface area contributed by atoms with E-state index in [1.165, 1.54) is 12.1 Å². The molecule has 1 heterocycles. The van der Waals surface area contributed by atoms with Crippen molar-refractivity contribution in [3.05, 3.63) is 59.4 Å². The van der Waals surface area contributed by atoms with Gasteiger partial charge < -0.3 is 9.84 Å². The number of halogens is 1. The summed E-state index contributed by atoms with van der Waals surface area (Å²) in [6.07, 6.45) is 0. The van der Waals surface area contributed by atoms with Gasteiger partial charge in [-0.05, 0) is 42.3 Å². The van der Waals surface area contributed by atoms with Crippen LogP contribution in [0.1, 0.15) is 18.1 Å². The molecule has 3 heteroatoms. The van der Waals surface area contributed by atoms with Crippen molar-refractivity contribution in [2.45, 2.75) is 6.92 Å². The van der Waals surface area contributed by atoms with Crippen molar-refractivity contribution in [2.75, 3.05) is 6.61 Å². The molecule has 1 aliphatic rings. The van der Waals surface area contributed by atoms with Crippen molar-refractivity contribution in [1.82, 2.24) is 0 Å². The van der Waals surface area contributed by atoms with Gasteiger partial charge in [0.15, 0.2) is 0 Å². The zero-order valence-corrected chi connectivity index (χ0v) is 10.5. The van der Waals surface area contributed by atoms with E-state index in [2.05, 4.69) is 0 Å². The van der Waals surface area contributed by atoms with Crippen LogP contribution in [0.15, 0.2) is 42.5 Å². The van der Waals surface area contributed by atoms with E-state index < -0.39 is 0 Å². The van der Waals surface area contributed by atoms with Crippen LogP contribution in [-0.2, 0) is 0 Å². The maximum Gasteiger partial charge on any atom is 0.130 e. The predicted octanol–water partition coefficient (Wildman–Crippen LogP) is 3.85. The Bertz CT molecular complexity index is 674. The van der Waals surface area contributed by atoms with Gasteiger partial charge in [-0.15, -0.1) is 0 Å². The zero-order valence-electron chi connectivity index (χ0n) is 10.5. The fraction of sp³-hybridized carbons (Fsp3) is 0.125. The van der Waals surface area contributed by atoms with E-state index >= 15 is 0 Å². The van der Waals surface area contributed by atoms with Crippen molar-refractivity contribution >= 4 is 11.1 Å². The van der Waals surface area contributed by atoms with Crippen molar-refractivity contribution in [3.63, 3.8) is 0 Å². The molecule has 19 heavy (non-hydrogen) atoms. The molecular weight excluding hydrogens is 243 g/mol. The maximum atomic E-state index is 13.3. The number of benzene rings is 2. The van der Waals surface area contributed by atoms with E-state index in [4.69, 9.17) is 4.74 Å². The number of ether oxygens (including phenoxy) is 1. The van der Waals surface area contributed by atoms with Crippen molar-refractivity contribution in [1.29, 1.82) is 0 Å². The first-order valence-electron chi connectivity index (χ1n) is 6.07. The summed E-state index contributed by atoms with van der Waals surface area (Å²) in [6, 6.07) is 11.5. The average molecular weight is 256 g/mol. The van der Waals surface area contributed by atoms with Crippen LogP contribution in [0.4, 0.5) is 4.39 Å². The summed E-state index contributed by atoms with van der Waals surface area (Å²) in [4.78, 5) is 0. The fourth-order valence-corrected chi connectivity index (χ4v) is 2.34. The largest absolute Gasteiger partial charge is 0.508 e. The lowest BCUT2D eigenvalue weighted by atomic mass is 9.93. The van der Waals surface area contributed by atoms with Crippen LogP contribution in [0, 0.1) is 5.82 Å². The highest BCUT2D eigenvalue weighted by molar-refractivity contribution is 5.93. The molecule has 2 aromatic rings. The van der Waals surface area contributed by atoms with Gasteiger partial charge in [-0.2, -0.15) is 0 Å². The second-order valence-electron chi connectivity index (χ2n) is 4.58. The molecule has 0 fully saturated rings. The standard InChI is InChI=1S/C16H13FO2/c1-10-14-6-5-13(18)8-16(14)19-9-15(10)11-3-2-4-12(17)7-11/h2-8,18H,9H2,1H3. The summed E-state index contributed by atoms with van der Waals surface area (Å²) < 4.78 is 18.9. The second-order valence-corrected chi connectivity index (χ2v) is 4.58. The van der Waals surface area contributed by atoms with Crippen LogP contribution in [-0.4, -0.2) is 11.7 Å². The van der Waals surface area contributed by atoms with E-state index in [1.807, 2.05) is 19.1 Å². The number of hydrogen-bond donors (Lipinski definition) is 1. The molecule has 0 unspecified atom stereocenters. The first kappa shape index (κ1) is 11.8. The number of phenols is 1. The summed E-state index contributed by atoms with van der Waals surface area (Å²) >= 11 is 0. The molecule has 0 saturated heterocycles. The van der Waals surface area contributed by atoms with Gasteiger partial charge in [-0.1, -0.05) is 12.1 Å². The van der Waals surface area contributed by atoms with Crippen LogP contribution in [0.3, 0.4) is 0 Å². The molecule has 0 aliphatic carbocycles. The Kier molecular flexibility index (Phi) is 2.75. The quantitative estimate of drug-likeness (QED) is 0.839. The van der Waals surface area contributed by atoms with E-state index in [1.54, 1.807) is 18.2 Å². The highest BCUT2D eigenvalue weighted by Crippen LogP contribution is 2.38. The molecule has 2 aromatic carbocycles. The van der Waals surface area contributed by atoms with E-state index in [0.29, 0.717) is 12.4 Å². The Morgan fingerprint density at radius 1 is 1.16 bits per heavy atom. The second kappa shape index (κ2) is 4.43. The van der Waals surface area contributed by atoms with Crippen LogP contribution in [0.2, 0.25) is 0 Å². The van der Waals surface area contributed by atoms with Gasteiger partial charge in [-0.25, -0.2) is 4.39 Å². The first-order chi connectivity index (χ1) is 9.15. The molecule has 0 radical (unpaired) electrons. The molecular formula is C16H13FO2. The van der Waals surface area contributed by atoms with Crippen molar-refractivity contribution in [2.24, 2.45) is 0 Å². The lowest BCUT2D eigenvalue weighted by molar-refractivity contribution is 0.361. The minimum Gasteiger partial charge on any atom is -0.508 e. The van der Waals surface area contributed by atoms with E-state index in [0.717, 1.165) is 22.3 Å². The van der Waals surface area contributed by atoms with Crippen LogP contribution in [0.5, 0.6) is 11.5 Å². The molecule has 1 N–H and O–H groups in total. The molecule has 0 spiro atoms. The molecule has 0 saturated carbocycles. The highest BCUT2D eigenvalue weighted by atomic mass is 19.1. The van der Waals surface area contributed by atoms with Gasteiger partial charge in [0.2, 0.25) is 0 Å². The van der Waals surface area contributed by atoms with Gasteiger partial charge >= 0.3 is 0 Å². The lowest BCUT2D eigenvalue weighted by Gasteiger charge is -2.22. The molecule has 0 aromatic heterocycles. The minimum atomic E-state index is -0.255. The summed E-state index contributed by atoms with van der Waals surface area (Å²) in [5.74, 6) is 0.590. The minimum absolute atomic E-state index is 0.181. The lowest BCUT2D eigenvalue weighted by Crippen LogP contribution is -2.09. The number of allylic oxidation sites excluding steroid dienone is 1. The maximum absolute atomic E-state index is 13.3. The van der Waals surface area contributed by atoms with Crippen molar-refractivity contribution < 1.29 is 14.2 Å². The Hall–Kier alpha value is -2.29. The van der Waals surface area contributed by atoms with Gasteiger partial charge in [0.1, 0.15) is 23.9 Å². The normalized spacial score (nSPS) is 14.0. The molecule has 1 aliphatic heterocycles. The SMILES string of the molecule is CC1=C(c2cccc(F)c2)COc2cc(O)ccc21. The first-order valence-corrected chi connectivity index (χ1v) is 6.07.